The minimum atomic E-state index is -0.150. The van der Waals surface area contributed by atoms with E-state index in [1.165, 1.54) is 0 Å². The van der Waals surface area contributed by atoms with Crippen LogP contribution in [0.25, 0.3) is 0 Å². The number of halogens is 1. The molecule has 0 aliphatic heterocycles. The number of aliphatic hydroxyl groups excluding tert-OH is 1. The molecule has 0 spiro atoms. The van der Waals surface area contributed by atoms with Gasteiger partial charge >= 0.3 is 0 Å². The minimum Gasteiger partial charge on any atom is -0.393 e. The average Bonchev–Trinajstić information content (AvgIpc) is 2.36. The predicted octanol–water partition coefficient (Wildman–Crippen LogP) is 3.55. The van der Waals surface area contributed by atoms with Crippen LogP contribution in [0.3, 0.4) is 0 Å². The summed E-state index contributed by atoms with van der Waals surface area (Å²) in [5.74, 6) is 0. The lowest BCUT2D eigenvalue weighted by Gasteiger charge is -2.27. The highest BCUT2D eigenvalue weighted by Gasteiger charge is 2.20. The third-order valence-corrected chi connectivity index (χ3v) is 4.22. The molecule has 1 aromatic rings. The van der Waals surface area contributed by atoms with Crippen molar-refractivity contribution in [2.45, 2.75) is 51.7 Å². The standard InChI is InChI=1S/C15H21ClN2OS/c1-9-7-10(2)14(13(16)8-9)18-15(20)17-11-3-5-12(19)6-4-11/h7-8,11-12,19H,3-6H2,1-2H3,(H2,17,18,20). The van der Waals surface area contributed by atoms with Crippen LogP contribution in [0.2, 0.25) is 5.02 Å². The number of benzene rings is 1. The Morgan fingerprint density at radius 2 is 1.90 bits per heavy atom. The Hall–Kier alpha value is -0.840. The van der Waals surface area contributed by atoms with Crippen LogP contribution in [-0.2, 0) is 0 Å². The van der Waals surface area contributed by atoms with Gasteiger partial charge in [-0.05, 0) is 68.9 Å². The van der Waals surface area contributed by atoms with E-state index in [1.807, 2.05) is 19.9 Å². The molecule has 0 atom stereocenters. The van der Waals surface area contributed by atoms with Crippen LogP contribution in [0.1, 0.15) is 36.8 Å². The molecule has 3 N–H and O–H groups in total. The van der Waals surface area contributed by atoms with Gasteiger partial charge in [-0.1, -0.05) is 17.7 Å². The summed E-state index contributed by atoms with van der Waals surface area (Å²) in [6.45, 7) is 4.04. The summed E-state index contributed by atoms with van der Waals surface area (Å²) < 4.78 is 0. The lowest BCUT2D eigenvalue weighted by atomic mass is 9.93. The summed E-state index contributed by atoms with van der Waals surface area (Å²) >= 11 is 11.6. The molecule has 20 heavy (non-hydrogen) atoms. The molecule has 3 nitrogen and oxygen atoms in total. The summed E-state index contributed by atoms with van der Waals surface area (Å²) in [4.78, 5) is 0. The number of anilines is 1. The number of hydrogen-bond donors (Lipinski definition) is 3. The van der Waals surface area contributed by atoms with Crippen LogP contribution >= 0.6 is 23.8 Å². The van der Waals surface area contributed by atoms with E-state index in [2.05, 4.69) is 16.7 Å². The summed E-state index contributed by atoms with van der Waals surface area (Å²) in [5.41, 5.74) is 3.09. The summed E-state index contributed by atoms with van der Waals surface area (Å²) in [6.07, 6.45) is 3.42. The zero-order valence-corrected chi connectivity index (χ0v) is 13.4. The maximum absolute atomic E-state index is 9.50. The Morgan fingerprint density at radius 3 is 2.50 bits per heavy atom. The topological polar surface area (TPSA) is 44.3 Å². The average molecular weight is 313 g/mol. The van der Waals surface area contributed by atoms with Crippen LogP contribution in [0.4, 0.5) is 5.69 Å². The Balaban J connectivity index is 1.95. The van der Waals surface area contributed by atoms with Gasteiger partial charge in [-0.2, -0.15) is 0 Å². The van der Waals surface area contributed by atoms with Crippen LogP contribution < -0.4 is 10.6 Å². The fourth-order valence-corrected chi connectivity index (χ4v) is 3.27. The van der Waals surface area contributed by atoms with Gasteiger partial charge in [0.25, 0.3) is 0 Å². The number of rotatable bonds is 2. The Morgan fingerprint density at radius 1 is 1.25 bits per heavy atom. The second kappa shape index (κ2) is 6.74. The van der Waals surface area contributed by atoms with Crippen molar-refractivity contribution in [2.75, 3.05) is 5.32 Å². The molecular weight excluding hydrogens is 292 g/mol. The van der Waals surface area contributed by atoms with E-state index in [1.54, 1.807) is 0 Å². The van der Waals surface area contributed by atoms with Gasteiger partial charge in [0.2, 0.25) is 0 Å². The highest BCUT2D eigenvalue weighted by molar-refractivity contribution is 7.80. The summed E-state index contributed by atoms with van der Waals surface area (Å²) in [5, 5.41) is 17.3. The molecule has 110 valence electrons. The first-order valence-electron chi connectivity index (χ1n) is 6.98. The van der Waals surface area contributed by atoms with Gasteiger partial charge in [-0.25, -0.2) is 0 Å². The molecule has 0 amide bonds. The van der Waals surface area contributed by atoms with Gasteiger partial charge < -0.3 is 15.7 Å². The van der Waals surface area contributed by atoms with Crippen molar-refractivity contribution < 1.29 is 5.11 Å². The molecular formula is C15H21ClN2OS. The molecule has 1 fully saturated rings. The van der Waals surface area contributed by atoms with Gasteiger partial charge in [0.15, 0.2) is 5.11 Å². The van der Waals surface area contributed by atoms with E-state index in [9.17, 15) is 5.11 Å². The first-order chi connectivity index (χ1) is 9.45. The SMILES string of the molecule is Cc1cc(C)c(NC(=S)NC2CCC(O)CC2)c(Cl)c1. The van der Waals surface area contributed by atoms with Gasteiger partial charge in [-0.15, -0.1) is 0 Å². The molecule has 0 aromatic heterocycles. The van der Waals surface area contributed by atoms with E-state index < -0.39 is 0 Å². The highest BCUT2D eigenvalue weighted by Crippen LogP contribution is 2.27. The highest BCUT2D eigenvalue weighted by atomic mass is 35.5. The molecule has 5 heteroatoms. The quantitative estimate of drug-likeness (QED) is 0.731. The van der Waals surface area contributed by atoms with E-state index >= 15 is 0 Å². The number of aryl methyl sites for hydroxylation is 2. The lowest BCUT2D eigenvalue weighted by molar-refractivity contribution is 0.120. The molecule has 0 bridgehead atoms. The van der Waals surface area contributed by atoms with Crippen molar-refractivity contribution in [3.05, 3.63) is 28.3 Å². The number of hydrogen-bond acceptors (Lipinski definition) is 2. The van der Waals surface area contributed by atoms with Crippen molar-refractivity contribution >= 4 is 34.6 Å². The Kier molecular flexibility index (Phi) is 5.24. The normalized spacial score (nSPS) is 22.4. The maximum Gasteiger partial charge on any atom is 0.171 e. The van der Waals surface area contributed by atoms with Crippen molar-refractivity contribution in [1.29, 1.82) is 0 Å². The second-order valence-corrected chi connectivity index (χ2v) is 6.36. The summed E-state index contributed by atoms with van der Waals surface area (Å²) in [7, 11) is 0. The first-order valence-corrected chi connectivity index (χ1v) is 7.76. The Bertz CT molecular complexity index is 476. The first kappa shape index (κ1) is 15.5. The lowest BCUT2D eigenvalue weighted by Crippen LogP contribution is -2.40. The zero-order valence-electron chi connectivity index (χ0n) is 11.9. The second-order valence-electron chi connectivity index (χ2n) is 5.54. The van der Waals surface area contributed by atoms with Crippen molar-refractivity contribution in [3.8, 4) is 0 Å². The maximum atomic E-state index is 9.50. The fraction of sp³-hybridized carbons (Fsp3) is 0.533. The minimum absolute atomic E-state index is 0.150. The molecule has 2 rings (SSSR count). The van der Waals surface area contributed by atoms with Crippen molar-refractivity contribution in [3.63, 3.8) is 0 Å². The van der Waals surface area contributed by atoms with Gasteiger partial charge in [0, 0.05) is 6.04 Å². The van der Waals surface area contributed by atoms with Gasteiger partial charge in [0.05, 0.1) is 16.8 Å². The largest absolute Gasteiger partial charge is 0.393 e. The van der Waals surface area contributed by atoms with Gasteiger partial charge in [0.1, 0.15) is 0 Å². The van der Waals surface area contributed by atoms with Crippen molar-refractivity contribution in [1.82, 2.24) is 5.32 Å². The third kappa shape index (κ3) is 4.08. The molecule has 1 aromatic carbocycles. The number of aliphatic hydroxyl groups is 1. The fourth-order valence-electron chi connectivity index (χ4n) is 2.63. The third-order valence-electron chi connectivity index (χ3n) is 3.70. The molecule has 1 aliphatic rings. The predicted molar refractivity (Wildman–Crippen MR) is 88.5 cm³/mol. The van der Waals surface area contributed by atoms with Crippen LogP contribution in [0.5, 0.6) is 0 Å². The van der Waals surface area contributed by atoms with Crippen LogP contribution in [0, 0.1) is 13.8 Å². The number of nitrogens with one attached hydrogen (secondary N) is 2. The zero-order chi connectivity index (χ0) is 14.7. The molecule has 0 radical (unpaired) electrons. The summed E-state index contributed by atoms with van der Waals surface area (Å²) in [6, 6.07) is 4.34. The molecule has 0 heterocycles. The van der Waals surface area contributed by atoms with Crippen LogP contribution in [0.15, 0.2) is 12.1 Å². The van der Waals surface area contributed by atoms with Gasteiger partial charge in [-0.3, -0.25) is 0 Å². The smallest absolute Gasteiger partial charge is 0.171 e. The molecule has 1 aliphatic carbocycles. The molecule has 0 saturated heterocycles. The van der Waals surface area contributed by atoms with Crippen molar-refractivity contribution in [2.24, 2.45) is 0 Å². The van der Waals surface area contributed by atoms with E-state index in [0.29, 0.717) is 16.2 Å². The van der Waals surface area contributed by atoms with E-state index in [4.69, 9.17) is 23.8 Å². The monoisotopic (exact) mass is 312 g/mol. The van der Waals surface area contributed by atoms with Crippen LogP contribution in [-0.4, -0.2) is 22.4 Å². The molecule has 1 saturated carbocycles. The Labute approximate surface area is 130 Å². The number of thiocarbonyl (C=S) groups is 1. The van der Waals surface area contributed by atoms with E-state index in [0.717, 1.165) is 42.5 Å². The van der Waals surface area contributed by atoms with E-state index in [-0.39, 0.29) is 6.10 Å². The molecule has 0 unspecified atom stereocenters.